The second-order valence-corrected chi connectivity index (χ2v) is 2.06. The standard InChI is InChI=1S/C6H16N2O2/c1-3-8(4-5-9)10-6(2)7/h6,9H,3-5,7H2,1-2H3. The summed E-state index contributed by atoms with van der Waals surface area (Å²) < 4.78 is 0. The van der Waals surface area contributed by atoms with Crippen molar-refractivity contribution in [3.05, 3.63) is 0 Å². The van der Waals surface area contributed by atoms with Crippen LogP contribution in [0.2, 0.25) is 0 Å². The first-order valence-electron chi connectivity index (χ1n) is 3.48. The Morgan fingerprint density at radius 2 is 2.30 bits per heavy atom. The van der Waals surface area contributed by atoms with Gasteiger partial charge in [-0.2, -0.15) is 5.06 Å². The molecule has 0 rings (SSSR count). The van der Waals surface area contributed by atoms with Gasteiger partial charge in [-0.15, -0.1) is 0 Å². The summed E-state index contributed by atoms with van der Waals surface area (Å²) in [6.45, 7) is 5.04. The minimum atomic E-state index is -0.300. The highest BCUT2D eigenvalue weighted by Crippen LogP contribution is 1.90. The number of hydroxylamine groups is 2. The topological polar surface area (TPSA) is 58.7 Å². The maximum atomic E-state index is 8.52. The van der Waals surface area contributed by atoms with Crippen molar-refractivity contribution in [3.63, 3.8) is 0 Å². The van der Waals surface area contributed by atoms with Gasteiger partial charge in [0, 0.05) is 13.1 Å². The molecule has 1 unspecified atom stereocenters. The Labute approximate surface area is 61.5 Å². The molecule has 0 aliphatic heterocycles. The average molecular weight is 148 g/mol. The van der Waals surface area contributed by atoms with Gasteiger partial charge in [0.05, 0.1) is 6.61 Å². The minimum absolute atomic E-state index is 0.0978. The van der Waals surface area contributed by atoms with Gasteiger partial charge in [-0.1, -0.05) is 6.92 Å². The van der Waals surface area contributed by atoms with Crippen molar-refractivity contribution >= 4 is 0 Å². The van der Waals surface area contributed by atoms with Gasteiger partial charge in [-0.3, -0.25) is 4.84 Å². The Bertz CT molecular complexity index is 78.1. The van der Waals surface area contributed by atoms with Crippen LogP contribution < -0.4 is 5.73 Å². The zero-order chi connectivity index (χ0) is 7.98. The van der Waals surface area contributed by atoms with Crippen molar-refractivity contribution in [1.82, 2.24) is 5.06 Å². The summed E-state index contributed by atoms with van der Waals surface area (Å²) in [5, 5.41) is 10.1. The molecule has 1 atom stereocenters. The highest BCUT2D eigenvalue weighted by molar-refractivity contribution is 4.40. The average Bonchev–Trinajstić information content (AvgIpc) is 1.86. The van der Waals surface area contributed by atoms with Crippen molar-refractivity contribution in [2.45, 2.75) is 20.1 Å². The lowest BCUT2D eigenvalue weighted by Gasteiger charge is -2.20. The largest absolute Gasteiger partial charge is 0.395 e. The van der Waals surface area contributed by atoms with E-state index in [1.54, 1.807) is 12.0 Å². The lowest BCUT2D eigenvalue weighted by Crippen LogP contribution is -2.34. The maximum absolute atomic E-state index is 8.52. The molecule has 0 aromatic rings. The summed E-state index contributed by atoms with van der Waals surface area (Å²) in [5.41, 5.74) is 5.35. The fraction of sp³-hybridized carbons (Fsp3) is 1.00. The molecule has 0 aromatic carbocycles. The molecule has 0 fully saturated rings. The van der Waals surface area contributed by atoms with Crippen LogP contribution in [0, 0.1) is 0 Å². The fourth-order valence-corrected chi connectivity index (χ4v) is 0.632. The SMILES string of the molecule is CCN(CCO)OC(C)N. The van der Waals surface area contributed by atoms with E-state index in [-0.39, 0.29) is 12.8 Å². The molecular formula is C6H16N2O2. The Morgan fingerprint density at radius 3 is 2.60 bits per heavy atom. The Hall–Kier alpha value is -0.160. The molecule has 0 heterocycles. The lowest BCUT2D eigenvalue weighted by molar-refractivity contribution is -0.191. The number of nitrogens with two attached hydrogens (primary N) is 1. The van der Waals surface area contributed by atoms with Gasteiger partial charge in [-0.25, -0.2) is 0 Å². The van der Waals surface area contributed by atoms with E-state index in [0.717, 1.165) is 6.54 Å². The van der Waals surface area contributed by atoms with Crippen LogP contribution in [0.3, 0.4) is 0 Å². The third-order valence-electron chi connectivity index (χ3n) is 1.02. The monoisotopic (exact) mass is 148 g/mol. The summed E-state index contributed by atoms with van der Waals surface area (Å²) in [5.74, 6) is 0. The molecule has 0 aliphatic carbocycles. The first-order chi connectivity index (χ1) is 4.70. The van der Waals surface area contributed by atoms with Gasteiger partial charge in [0.15, 0.2) is 0 Å². The van der Waals surface area contributed by atoms with E-state index in [1.807, 2.05) is 6.92 Å². The number of hydrogen-bond acceptors (Lipinski definition) is 4. The molecular weight excluding hydrogens is 132 g/mol. The Morgan fingerprint density at radius 1 is 1.70 bits per heavy atom. The first kappa shape index (κ1) is 9.84. The molecule has 0 radical (unpaired) electrons. The van der Waals surface area contributed by atoms with Crippen LogP contribution in [-0.4, -0.2) is 36.1 Å². The van der Waals surface area contributed by atoms with Gasteiger partial charge in [0.1, 0.15) is 6.23 Å². The summed E-state index contributed by atoms with van der Waals surface area (Å²) in [7, 11) is 0. The molecule has 3 N–H and O–H groups in total. The fourth-order valence-electron chi connectivity index (χ4n) is 0.632. The van der Waals surface area contributed by atoms with Crippen LogP contribution in [0.15, 0.2) is 0 Å². The van der Waals surface area contributed by atoms with Crippen LogP contribution in [0.5, 0.6) is 0 Å². The molecule has 0 amide bonds. The number of aliphatic hydroxyl groups is 1. The van der Waals surface area contributed by atoms with Gasteiger partial charge in [-0.05, 0) is 6.92 Å². The highest BCUT2D eigenvalue weighted by atomic mass is 16.7. The molecule has 0 saturated carbocycles. The molecule has 0 saturated heterocycles. The van der Waals surface area contributed by atoms with Crippen molar-refractivity contribution in [2.24, 2.45) is 5.73 Å². The van der Waals surface area contributed by atoms with Crippen molar-refractivity contribution in [1.29, 1.82) is 0 Å². The number of likely N-dealkylation sites (N-methyl/N-ethyl adjacent to an activating group) is 1. The Kier molecular flexibility index (Phi) is 5.52. The second kappa shape index (κ2) is 5.61. The molecule has 4 heteroatoms. The maximum Gasteiger partial charge on any atom is 0.124 e. The van der Waals surface area contributed by atoms with Crippen molar-refractivity contribution in [2.75, 3.05) is 19.7 Å². The third-order valence-corrected chi connectivity index (χ3v) is 1.02. The van der Waals surface area contributed by atoms with E-state index >= 15 is 0 Å². The van der Waals surface area contributed by atoms with Crippen LogP contribution in [0.25, 0.3) is 0 Å². The van der Waals surface area contributed by atoms with E-state index in [1.165, 1.54) is 0 Å². The van der Waals surface area contributed by atoms with E-state index in [4.69, 9.17) is 15.7 Å². The van der Waals surface area contributed by atoms with Crippen LogP contribution in [0.4, 0.5) is 0 Å². The highest BCUT2D eigenvalue weighted by Gasteiger charge is 2.02. The number of nitrogens with zero attached hydrogens (tertiary/aromatic N) is 1. The van der Waals surface area contributed by atoms with Gasteiger partial charge in [0.2, 0.25) is 0 Å². The quantitative estimate of drug-likeness (QED) is 0.409. The summed E-state index contributed by atoms with van der Waals surface area (Å²) >= 11 is 0. The molecule has 0 spiro atoms. The molecule has 62 valence electrons. The minimum Gasteiger partial charge on any atom is -0.395 e. The molecule has 0 bridgehead atoms. The van der Waals surface area contributed by atoms with Crippen molar-refractivity contribution < 1.29 is 9.94 Å². The molecule has 0 aliphatic rings. The van der Waals surface area contributed by atoms with E-state index in [2.05, 4.69) is 0 Å². The Balaban J connectivity index is 3.39. The zero-order valence-electron chi connectivity index (χ0n) is 6.58. The second-order valence-electron chi connectivity index (χ2n) is 2.06. The van der Waals surface area contributed by atoms with Gasteiger partial charge < -0.3 is 10.8 Å². The summed E-state index contributed by atoms with van der Waals surface area (Å²) in [6, 6.07) is 0. The normalized spacial score (nSPS) is 14.1. The molecule has 4 nitrogen and oxygen atoms in total. The van der Waals surface area contributed by atoms with E-state index in [9.17, 15) is 0 Å². The number of rotatable bonds is 5. The van der Waals surface area contributed by atoms with Crippen LogP contribution in [-0.2, 0) is 4.84 Å². The van der Waals surface area contributed by atoms with Crippen LogP contribution in [0.1, 0.15) is 13.8 Å². The third kappa shape index (κ3) is 4.69. The van der Waals surface area contributed by atoms with E-state index in [0.29, 0.717) is 6.54 Å². The summed E-state index contributed by atoms with van der Waals surface area (Å²) in [6.07, 6.45) is -0.300. The van der Waals surface area contributed by atoms with Gasteiger partial charge in [0.25, 0.3) is 0 Å². The predicted molar refractivity (Wildman–Crippen MR) is 39.1 cm³/mol. The van der Waals surface area contributed by atoms with Crippen molar-refractivity contribution in [3.8, 4) is 0 Å². The predicted octanol–water partition coefficient (Wildman–Crippen LogP) is -0.463. The van der Waals surface area contributed by atoms with Crippen LogP contribution >= 0.6 is 0 Å². The first-order valence-corrected chi connectivity index (χ1v) is 3.48. The number of hydrogen-bond donors (Lipinski definition) is 2. The number of aliphatic hydroxyl groups excluding tert-OH is 1. The summed E-state index contributed by atoms with van der Waals surface area (Å²) in [4.78, 5) is 5.09. The molecule has 0 aromatic heterocycles. The molecule has 10 heavy (non-hydrogen) atoms. The zero-order valence-corrected chi connectivity index (χ0v) is 6.58. The lowest BCUT2D eigenvalue weighted by atomic mass is 10.6. The van der Waals surface area contributed by atoms with Gasteiger partial charge >= 0.3 is 0 Å². The van der Waals surface area contributed by atoms with E-state index < -0.39 is 0 Å². The smallest absolute Gasteiger partial charge is 0.124 e.